The summed E-state index contributed by atoms with van der Waals surface area (Å²) < 4.78 is 25.2. The van der Waals surface area contributed by atoms with Gasteiger partial charge in [0, 0.05) is 12.1 Å². The van der Waals surface area contributed by atoms with Crippen molar-refractivity contribution in [1.82, 2.24) is 15.3 Å². The van der Waals surface area contributed by atoms with E-state index in [-0.39, 0.29) is 5.56 Å². The van der Waals surface area contributed by atoms with E-state index in [1.54, 1.807) is 6.07 Å². The first-order valence-corrected chi connectivity index (χ1v) is 6.74. The summed E-state index contributed by atoms with van der Waals surface area (Å²) in [7, 11) is 0. The fourth-order valence-corrected chi connectivity index (χ4v) is 2.25. The Hall–Kier alpha value is -2.27. The fraction of sp³-hybridized carbons (Fsp3) is 0.188. The molecule has 0 bridgehead atoms. The summed E-state index contributed by atoms with van der Waals surface area (Å²) in [4.78, 5) is 7.67. The fourth-order valence-electron chi connectivity index (χ4n) is 2.25. The summed E-state index contributed by atoms with van der Waals surface area (Å²) in [5.74, 6) is 0.834. The minimum atomic E-state index is -2.43. The maximum Gasteiger partial charge on any atom is 0.263 e. The number of halogens is 2. The number of hydrogen-bond donors (Lipinski definition) is 2. The second kappa shape index (κ2) is 6.01. The molecule has 1 aromatic heterocycles. The van der Waals surface area contributed by atoms with Crippen LogP contribution in [0.25, 0.3) is 11.0 Å². The van der Waals surface area contributed by atoms with Gasteiger partial charge in [-0.3, -0.25) is 0 Å². The standard InChI is InChI=1S/C16H15F2N3/c17-16(18)12-5-3-4-11(8-12)9-19-10-15-20-13-6-1-2-7-14(13)21-15/h1-8,16,19H,9-10H2,(H,20,21). The zero-order chi connectivity index (χ0) is 14.7. The number of para-hydroxylation sites is 2. The Bertz CT molecular complexity index is 704. The Morgan fingerprint density at radius 3 is 2.71 bits per heavy atom. The first kappa shape index (κ1) is 13.7. The average Bonchev–Trinajstić information content (AvgIpc) is 2.90. The van der Waals surface area contributed by atoms with Gasteiger partial charge in [0.25, 0.3) is 6.43 Å². The topological polar surface area (TPSA) is 40.7 Å². The van der Waals surface area contributed by atoms with E-state index in [1.165, 1.54) is 12.1 Å². The molecule has 3 rings (SSSR count). The van der Waals surface area contributed by atoms with E-state index in [0.717, 1.165) is 22.4 Å². The average molecular weight is 287 g/mol. The van der Waals surface area contributed by atoms with Crippen molar-refractivity contribution < 1.29 is 8.78 Å². The van der Waals surface area contributed by atoms with Crippen molar-refractivity contribution in [3.63, 3.8) is 0 Å². The normalized spacial score (nSPS) is 11.4. The summed E-state index contributed by atoms with van der Waals surface area (Å²) in [6.45, 7) is 1.09. The first-order valence-electron chi connectivity index (χ1n) is 6.74. The lowest BCUT2D eigenvalue weighted by Crippen LogP contribution is -2.13. The van der Waals surface area contributed by atoms with Crippen LogP contribution in [0.15, 0.2) is 48.5 Å². The lowest BCUT2D eigenvalue weighted by atomic mass is 10.1. The molecule has 3 aromatic rings. The van der Waals surface area contributed by atoms with E-state index in [1.807, 2.05) is 30.3 Å². The number of nitrogens with one attached hydrogen (secondary N) is 2. The van der Waals surface area contributed by atoms with Gasteiger partial charge in [0.1, 0.15) is 5.82 Å². The van der Waals surface area contributed by atoms with Crippen molar-refractivity contribution in [2.45, 2.75) is 19.5 Å². The zero-order valence-electron chi connectivity index (χ0n) is 11.3. The minimum absolute atomic E-state index is 0.0537. The second-order valence-electron chi connectivity index (χ2n) is 4.85. The molecule has 2 N–H and O–H groups in total. The highest BCUT2D eigenvalue weighted by Gasteiger charge is 2.07. The van der Waals surface area contributed by atoms with E-state index in [9.17, 15) is 8.78 Å². The molecule has 0 radical (unpaired) electrons. The lowest BCUT2D eigenvalue weighted by molar-refractivity contribution is 0.151. The zero-order valence-corrected chi connectivity index (χ0v) is 11.3. The highest BCUT2D eigenvalue weighted by Crippen LogP contribution is 2.19. The molecule has 0 fully saturated rings. The predicted octanol–water partition coefficient (Wildman–Crippen LogP) is 3.79. The monoisotopic (exact) mass is 287 g/mol. The molecule has 0 amide bonds. The number of hydrogen-bond acceptors (Lipinski definition) is 2. The number of nitrogens with zero attached hydrogens (tertiary/aromatic N) is 1. The van der Waals surface area contributed by atoms with Crippen LogP contribution in [-0.2, 0) is 13.1 Å². The van der Waals surface area contributed by atoms with Crippen molar-refractivity contribution in [1.29, 1.82) is 0 Å². The number of fused-ring (bicyclic) bond motifs is 1. The van der Waals surface area contributed by atoms with Gasteiger partial charge in [0.2, 0.25) is 0 Å². The third-order valence-electron chi connectivity index (χ3n) is 3.26. The predicted molar refractivity (Wildman–Crippen MR) is 78.0 cm³/mol. The Morgan fingerprint density at radius 1 is 1.05 bits per heavy atom. The van der Waals surface area contributed by atoms with E-state index in [0.29, 0.717) is 13.1 Å². The third kappa shape index (κ3) is 3.25. The van der Waals surface area contributed by atoms with Crippen LogP contribution in [0.5, 0.6) is 0 Å². The van der Waals surface area contributed by atoms with Crippen LogP contribution in [-0.4, -0.2) is 9.97 Å². The van der Waals surface area contributed by atoms with Crippen LogP contribution in [0.1, 0.15) is 23.4 Å². The van der Waals surface area contributed by atoms with Gasteiger partial charge in [-0.15, -0.1) is 0 Å². The van der Waals surface area contributed by atoms with Crippen LogP contribution in [0.2, 0.25) is 0 Å². The summed E-state index contributed by atoms with van der Waals surface area (Å²) in [5.41, 5.74) is 2.81. The molecule has 0 aliphatic heterocycles. The molecule has 3 nitrogen and oxygen atoms in total. The van der Waals surface area contributed by atoms with Gasteiger partial charge < -0.3 is 10.3 Å². The molecule has 0 spiro atoms. The van der Waals surface area contributed by atoms with Crippen LogP contribution < -0.4 is 5.32 Å². The molecule has 0 saturated heterocycles. The molecule has 0 unspecified atom stereocenters. The maximum absolute atomic E-state index is 12.6. The number of aromatic nitrogens is 2. The SMILES string of the molecule is FC(F)c1cccc(CNCc2nc3ccccc3[nH]2)c1. The van der Waals surface area contributed by atoms with Crippen molar-refractivity contribution in [2.24, 2.45) is 0 Å². The van der Waals surface area contributed by atoms with Gasteiger partial charge in [0.05, 0.1) is 17.6 Å². The molecular weight excluding hydrogens is 272 g/mol. The van der Waals surface area contributed by atoms with Crippen molar-refractivity contribution in [3.8, 4) is 0 Å². The molecule has 108 valence electrons. The summed E-state index contributed by atoms with van der Waals surface area (Å²) in [6, 6.07) is 14.3. The molecule has 0 atom stereocenters. The molecule has 2 aromatic carbocycles. The third-order valence-corrected chi connectivity index (χ3v) is 3.26. The number of imidazole rings is 1. The van der Waals surface area contributed by atoms with E-state index in [4.69, 9.17) is 0 Å². The quantitative estimate of drug-likeness (QED) is 0.749. The largest absolute Gasteiger partial charge is 0.341 e. The van der Waals surface area contributed by atoms with E-state index in [2.05, 4.69) is 15.3 Å². The minimum Gasteiger partial charge on any atom is -0.341 e. The number of H-pyrrole nitrogens is 1. The number of rotatable bonds is 5. The smallest absolute Gasteiger partial charge is 0.263 e. The lowest BCUT2D eigenvalue weighted by Gasteiger charge is -2.05. The first-order chi connectivity index (χ1) is 10.2. The number of benzene rings is 2. The van der Waals surface area contributed by atoms with Gasteiger partial charge in [-0.05, 0) is 23.8 Å². The second-order valence-corrected chi connectivity index (χ2v) is 4.85. The van der Waals surface area contributed by atoms with Gasteiger partial charge in [0.15, 0.2) is 0 Å². The van der Waals surface area contributed by atoms with Crippen LogP contribution >= 0.6 is 0 Å². The molecule has 5 heteroatoms. The Labute approximate surface area is 121 Å². The van der Waals surface area contributed by atoms with Crippen molar-refractivity contribution in [3.05, 3.63) is 65.5 Å². The van der Waals surface area contributed by atoms with Crippen LogP contribution in [0.3, 0.4) is 0 Å². The maximum atomic E-state index is 12.6. The Kier molecular flexibility index (Phi) is 3.92. The highest BCUT2D eigenvalue weighted by atomic mass is 19.3. The molecule has 21 heavy (non-hydrogen) atoms. The Morgan fingerprint density at radius 2 is 1.90 bits per heavy atom. The van der Waals surface area contributed by atoms with Gasteiger partial charge in [-0.25, -0.2) is 13.8 Å². The molecule has 0 aliphatic rings. The number of alkyl halides is 2. The van der Waals surface area contributed by atoms with Crippen LogP contribution in [0.4, 0.5) is 8.78 Å². The van der Waals surface area contributed by atoms with Gasteiger partial charge >= 0.3 is 0 Å². The Balaban J connectivity index is 1.62. The molecule has 0 saturated carbocycles. The van der Waals surface area contributed by atoms with E-state index >= 15 is 0 Å². The van der Waals surface area contributed by atoms with Crippen LogP contribution in [0, 0.1) is 0 Å². The van der Waals surface area contributed by atoms with E-state index < -0.39 is 6.43 Å². The van der Waals surface area contributed by atoms with Crippen molar-refractivity contribution >= 4 is 11.0 Å². The summed E-state index contributed by atoms with van der Waals surface area (Å²) in [5, 5.41) is 3.21. The molecule has 0 aliphatic carbocycles. The van der Waals surface area contributed by atoms with Gasteiger partial charge in [-0.2, -0.15) is 0 Å². The highest BCUT2D eigenvalue weighted by molar-refractivity contribution is 5.74. The number of aromatic amines is 1. The summed E-state index contributed by atoms with van der Waals surface area (Å²) in [6.07, 6.45) is -2.43. The summed E-state index contributed by atoms with van der Waals surface area (Å²) >= 11 is 0. The molecule has 1 heterocycles. The van der Waals surface area contributed by atoms with Gasteiger partial charge in [-0.1, -0.05) is 30.3 Å². The molecular formula is C16H15F2N3. The van der Waals surface area contributed by atoms with Crippen molar-refractivity contribution in [2.75, 3.05) is 0 Å².